The SMILES string of the molecule is Cc1cc(C(F)(F)F)cc(N2CCC[C@H]2C(=O)N(CCCN2CCCC2)c2ccc(F)c(F)c2)n1. The van der Waals surface area contributed by atoms with Gasteiger partial charge >= 0.3 is 6.18 Å². The van der Waals surface area contributed by atoms with Crippen molar-refractivity contribution in [2.75, 3.05) is 42.5 Å². The molecule has 1 atom stereocenters. The van der Waals surface area contributed by atoms with Crippen LogP contribution in [0.15, 0.2) is 30.3 Å². The van der Waals surface area contributed by atoms with Crippen molar-refractivity contribution < 1.29 is 26.7 Å². The highest BCUT2D eigenvalue weighted by atomic mass is 19.4. The lowest BCUT2D eigenvalue weighted by molar-refractivity contribution is -0.137. The number of amides is 1. The largest absolute Gasteiger partial charge is 0.416 e. The molecule has 4 rings (SSSR count). The molecular weight excluding hydrogens is 467 g/mol. The van der Waals surface area contributed by atoms with E-state index in [4.69, 9.17) is 0 Å². The van der Waals surface area contributed by atoms with Gasteiger partial charge in [-0.05, 0) is 82.9 Å². The van der Waals surface area contributed by atoms with Crippen molar-refractivity contribution in [2.24, 2.45) is 0 Å². The van der Waals surface area contributed by atoms with E-state index in [0.29, 0.717) is 32.4 Å². The van der Waals surface area contributed by atoms with Gasteiger partial charge in [0.25, 0.3) is 0 Å². The second-order valence-corrected chi connectivity index (χ2v) is 9.20. The predicted molar refractivity (Wildman–Crippen MR) is 123 cm³/mol. The summed E-state index contributed by atoms with van der Waals surface area (Å²) in [6, 6.07) is 4.53. The van der Waals surface area contributed by atoms with Gasteiger partial charge in [-0.15, -0.1) is 0 Å². The van der Waals surface area contributed by atoms with E-state index < -0.39 is 29.4 Å². The number of aryl methyl sites for hydroxylation is 1. The van der Waals surface area contributed by atoms with Crippen molar-refractivity contribution in [3.8, 4) is 0 Å². The Morgan fingerprint density at radius 3 is 2.49 bits per heavy atom. The second kappa shape index (κ2) is 10.5. The standard InChI is InChI=1S/C25H29F5N4O/c1-17-14-18(25(28,29)30)15-23(31-17)34-12-4-6-22(34)24(35)33(13-5-11-32-9-2-3-10-32)19-7-8-20(26)21(27)16-19/h7-8,14-16,22H,2-6,9-13H2,1H3/t22-/m0/s1. The number of alkyl halides is 3. The first-order valence-corrected chi connectivity index (χ1v) is 11.9. The molecule has 0 saturated carbocycles. The average molecular weight is 497 g/mol. The molecule has 10 heteroatoms. The van der Waals surface area contributed by atoms with Crippen LogP contribution in [0.5, 0.6) is 0 Å². The van der Waals surface area contributed by atoms with E-state index in [2.05, 4.69) is 9.88 Å². The number of halogens is 5. The number of hydrogen-bond donors (Lipinski definition) is 0. The zero-order valence-electron chi connectivity index (χ0n) is 19.6. The van der Waals surface area contributed by atoms with Gasteiger partial charge in [0.05, 0.1) is 5.56 Å². The lowest BCUT2D eigenvalue weighted by atomic mass is 10.1. The Bertz CT molecular complexity index is 1050. The third-order valence-electron chi connectivity index (χ3n) is 6.63. The molecule has 0 N–H and O–H groups in total. The highest BCUT2D eigenvalue weighted by molar-refractivity contribution is 5.99. The molecule has 190 valence electrons. The summed E-state index contributed by atoms with van der Waals surface area (Å²) in [5.74, 6) is -2.33. The Morgan fingerprint density at radius 1 is 1.06 bits per heavy atom. The summed E-state index contributed by atoms with van der Waals surface area (Å²) in [5.41, 5.74) is -0.382. The fourth-order valence-electron chi connectivity index (χ4n) is 4.92. The molecule has 0 aliphatic carbocycles. The Hall–Kier alpha value is -2.75. The van der Waals surface area contributed by atoms with E-state index >= 15 is 0 Å². The lowest BCUT2D eigenvalue weighted by Gasteiger charge is -2.32. The topological polar surface area (TPSA) is 39.7 Å². The maximum absolute atomic E-state index is 14.0. The number of likely N-dealkylation sites (tertiary alicyclic amines) is 1. The number of nitrogens with zero attached hydrogens (tertiary/aromatic N) is 4. The highest BCUT2D eigenvalue weighted by Crippen LogP contribution is 2.34. The molecule has 1 aromatic carbocycles. The lowest BCUT2D eigenvalue weighted by Crippen LogP contribution is -2.47. The third kappa shape index (κ3) is 5.91. The molecule has 2 saturated heterocycles. The first kappa shape index (κ1) is 25.3. The first-order valence-electron chi connectivity index (χ1n) is 11.9. The normalized spacial score (nSPS) is 18.9. The van der Waals surface area contributed by atoms with Crippen LogP contribution in [0, 0.1) is 18.6 Å². The van der Waals surface area contributed by atoms with Crippen LogP contribution < -0.4 is 9.80 Å². The zero-order valence-corrected chi connectivity index (χ0v) is 19.6. The third-order valence-corrected chi connectivity index (χ3v) is 6.63. The Labute approximate surface area is 201 Å². The molecule has 1 amide bonds. The van der Waals surface area contributed by atoms with Gasteiger partial charge < -0.3 is 14.7 Å². The van der Waals surface area contributed by atoms with Crippen LogP contribution in [0.2, 0.25) is 0 Å². The number of anilines is 2. The van der Waals surface area contributed by atoms with Crippen molar-refractivity contribution in [1.29, 1.82) is 0 Å². The molecule has 35 heavy (non-hydrogen) atoms. The summed E-state index contributed by atoms with van der Waals surface area (Å²) in [6.45, 7) is 4.92. The average Bonchev–Trinajstić information content (AvgIpc) is 3.50. The summed E-state index contributed by atoms with van der Waals surface area (Å²) < 4.78 is 67.8. The van der Waals surface area contributed by atoms with Crippen molar-refractivity contribution in [3.63, 3.8) is 0 Å². The second-order valence-electron chi connectivity index (χ2n) is 9.20. The van der Waals surface area contributed by atoms with Crippen LogP contribution in [0.25, 0.3) is 0 Å². The van der Waals surface area contributed by atoms with Crippen LogP contribution in [0.3, 0.4) is 0 Å². The maximum Gasteiger partial charge on any atom is 0.416 e. The van der Waals surface area contributed by atoms with Gasteiger partial charge in [0.2, 0.25) is 5.91 Å². The van der Waals surface area contributed by atoms with E-state index in [1.807, 2.05) is 0 Å². The minimum absolute atomic E-state index is 0.0930. The van der Waals surface area contributed by atoms with Gasteiger partial charge in [0, 0.05) is 30.5 Å². The summed E-state index contributed by atoms with van der Waals surface area (Å²) in [6.07, 6.45) is -0.597. The molecule has 0 unspecified atom stereocenters. The Balaban J connectivity index is 1.59. The van der Waals surface area contributed by atoms with E-state index in [-0.39, 0.29) is 23.1 Å². The Morgan fingerprint density at radius 2 is 1.80 bits per heavy atom. The van der Waals surface area contributed by atoms with E-state index in [9.17, 15) is 26.7 Å². The number of hydrogen-bond acceptors (Lipinski definition) is 4. The molecule has 3 heterocycles. The number of carbonyl (C=O) groups is 1. The highest BCUT2D eigenvalue weighted by Gasteiger charge is 2.37. The summed E-state index contributed by atoms with van der Waals surface area (Å²) in [5, 5.41) is 0. The molecule has 0 bridgehead atoms. The summed E-state index contributed by atoms with van der Waals surface area (Å²) in [7, 11) is 0. The molecule has 2 aromatic rings. The molecule has 2 fully saturated rings. The number of rotatable bonds is 7. The molecular formula is C25H29F5N4O. The van der Waals surface area contributed by atoms with Gasteiger partial charge in [-0.25, -0.2) is 13.8 Å². The van der Waals surface area contributed by atoms with Gasteiger partial charge in [-0.1, -0.05) is 0 Å². The molecule has 5 nitrogen and oxygen atoms in total. The van der Waals surface area contributed by atoms with E-state index in [1.54, 1.807) is 4.90 Å². The number of carbonyl (C=O) groups excluding carboxylic acids is 1. The van der Waals surface area contributed by atoms with Crippen LogP contribution >= 0.6 is 0 Å². The number of pyridine rings is 1. The van der Waals surface area contributed by atoms with Crippen LogP contribution in [-0.2, 0) is 11.0 Å². The van der Waals surface area contributed by atoms with Crippen LogP contribution in [0.4, 0.5) is 33.5 Å². The van der Waals surface area contributed by atoms with Gasteiger partial charge in [-0.3, -0.25) is 4.79 Å². The fourth-order valence-corrected chi connectivity index (χ4v) is 4.92. The minimum Gasteiger partial charge on any atom is -0.345 e. The molecule has 1 aromatic heterocycles. The van der Waals surface area contributed by atoms with Crippen molar-refractivity contribution in [2.45, 2.75) is 51.2 Å². The predicted octanol–water partition coefficient (Wildman–Crippen LogP) is 5.17. The molecule has 0 radical (unpaired) electrons. The summed E-state index contributed by atoms with van der Waals surface area (Å²) in [4.78, 5) is 23.3. The number of benzene rings is 1. The van der Waals surface area contributed by atoms with Gasteiger partial charge in [-0.2, -0.15) is 13.2 Å². The quantitative estimate of drug-likeness (QED) is 0.496. The molecule has 2 aliphatic rings. The van der Waals surface area contributed by atoms with Gasteiger partial charge in [0.1, 0.15) is 11.9 Å². The number of aromatic nitrogens is 1. The van der Waals surface area contributed by atoms with Crippen molar-refractivity contribution >= 4 is 17.4 Å². The van der Waals surface area contributed by atoms with Crippen LogP contribution in [-0.4, -0.2) is 54.6 Å². The van der Waals surface area contributed by atoms with Gasteiger partial charge in [0.15, 0.2) is 11.6 Å². The molecule has 0 spiro atoms. The van der Waals surface area contributed by atoms with E-state index in [0.717, 1.165) is 56.7 Å². The van der Waals surface area contributed by atoms with Crippen molar-refractivity contribution in [1.82, 2.24) is 9.88 Å². The van der Waals surface area contributed by atoms with E-state index in [1.165, 1.54) is 17.9 Å². The van der Waals surface area contributed by atoms with Crippen LogP contribution in [0.1, 0.15) is 43.4 Å². The smallest absolute Gasteiger partial charge is 0.345 e. The summed E-state index contributed by atoms with van der Waals surface area (Å²) >= 11 is 0. The Kier molecular flexibility index (Phi) is 7.59. The fraction of sp³-hybridized carbons (Fsp3) is 0.520. The first-order chi connectivity index (χ1) is 16.6. The monoisotopic (exact) mass is 496 g/mol. The minimum atomic E-state index is -4.53. The molecule has 2 aliphatic heterocycles. The zero-order chi connectivity index (χ0) is 25.2. The van der Waals surface area contributed by atoms with Crippen molar-refractivity contribution in [3.05, 3.63) is 53.2 Å². The maximum atomic E-state index is 14.0.